The molecule has 6 nitrogen and oxygen atoms in total. The zero-order valence-electron chi connectivity index (χ0n) is 8.34. The lowest BCUT2D eigenvalue weighted by Crippen LogP contribution is -2.26. The van der Waals surface area contributed by atoms with Crippen molar-refractivity contribution in [1.29, 1.82) is 0 Å². The maximum atomic E-state index is 12.6. The third-order valence-corrected chi connectivity index (χ3v) is 1.94. The Morgan fingerprint density at radius 2 is 2.06 bits per heavy atom. The fourth-order valence-electron chi connectivity index (χ4n) is 1.17. The SMILES string of the molecule is NN=N[C@@H](Cc1ccc(F)cc1)C(=O)ON. The highest BCUT2D eigenvalue weighted by molar-refractivity contribution is 5.75. The van der Waals surface area contributed by atoms with Gasteiger partial charge in [-0.3, -0.25) is 0 Å². The van der Waals surface area contributed by atoms with Crippen LogP contribution in [0.4, 0.5) is 4.39 Å². The van der Waals surface area contributed by atoms with Gasteiger partial charge in [-0.25, -0.2) is 9.18 Å². The van der Waals surface area contributed by atoms with Gasteiger partial charge in [-0.05, 0) is 17.7 Å². The van der Waals surface area contributed by atoms with Crippen LogP contribution in [0.25, 0.3) is 0 Å². The van der Waals surface area contributed by atoms with Crippen LogP contribution in [-0.4, -0.2) is 12.0 Å². The summed E-state index contributed by atoms with van der Waals surface area (Å²) in [6, 6.07) is 4.69. The van der Waals surface area contributed by atoms with E-state index in [2.05, 4.69) is 15.2 Å². The molecule has 0 spiro atoms. The summed E-state index contributed by atoms with van der Waals surface area (Å²) in [6.07, 6.45) is 0.191. The first-order chi connectivity index (χ1) is 7.67. The van der Waals surface area contributed by atoms with Crippen LogP contribution in [-0.2, 0) is 16.1 Å². The molecule has 7 heteroatoms. The Balaban J connectivity index is 2.75. The Labute approximate surface area is 91.0 Å². The molecule has 0 heterocycles. The lowest BCUT2D eigenvalue weighted by Gasteiger charge is -2.07. The standard InChI is InChI=1S/C9H11FN4O2/c10-7-3-1-6(2-4-7)5-8(13-14-11)9(15)16-12/h1-4,8H,5,12H2,(H2,11,13)/t8-/m0/s1. The summed E-state index contributed by atoms with van der Waals surface area (Å²) in [5.41, 5.74) is 0.698. The van der Waals surface area contributed by atoms with Gasteiger partial charge in [0.15, 0.2) is 6.04 Å². The summed E-state index contributed by atoms with van der Waals surface area (Å²) in [5, 5.41) is 6.48. The molecule has 1 aromatic rings. The molecule has 4 N–H and O–H groups in total. The molecule has 0 unspecified atom stereocenters. The zero-order chi connectivity index (χ0) is 12.0. The van der Waals surface area contributed by atoms with Gasteiger partial charge in [-0.15, -0.1) is 0 Å². The minimum Gasteiger partial charge on any atom is -0.372 e. The lowest BCUT2D eigenvalue weighted by molar-refractivity contribution is -0.145. The molecule has 16 heavy (non-hydrogen) atoms. The quantitative estimate of drug-likeness (QED) is 0.442. The Kier molecular flexibility index (Phi) is 4.34. The highest BCUT2D eigenvalue weighted by Crippen LogP contribution is 2.08. The van der Waals surface area contributed by atoms with Crippen LogP contribution in [0.3, 0.4) is 0 Å². The van der Waals surface area contributed by atoms with E-state index in [0.29, 0.717) is 5.56 Å². The molecule has 0 bridgehead atoms. The van der Waals surface area contributed by atoms with Crippen molar-refractivity contribution in [3.05, 3.63) is 35.6 Å². The van der Waals surface area contributed by atoms with Gasteiger partial charge < -0.3 is 10.7 Å². The van der Waals surface area contributed by atoms with Gasteiger partial charge >= 0.3 is 5.97 Å². The number of nitrogens with two attached hydrogens (primary N) is 2. The van der Waals surface area contributed by atoms with E-state index in [1.807, 2.05) is 0 Å². The monoisotopic (exact) mass is 226 g/mol. The fraction of sp³-hybridized carbons (Fsp3) is 0.222. The Morgan fingerprint density at radius 3 is 2.56 bits per heavy atom. The van der Waals surface area contributed by atoms with Crippen molar-refractivity contribution in [3.8, 4) is 0 Å². The molecule has 0 aliphatic rings. The van der Waals surface area contributed by atoms with Gasteiger partial charge in [0.2, 0.25) is 0 Å². The van der Waals surface area contributed by atoms with Gasteiger partial charge in [0, 0.05) is 6.42 Å². The van der Waals surface area contributed by atoms with Crippen LogP contribution in [0.15, 0.2) is 34.6 Å². The van der Waals surface area contributed by atoms with Crippen molar-refractivity contribution in [1.82, 2.24) is 0 Å². The van der Waals surface area contributed by atoms with Crippen LogP contribution in [0.5, 0.6) is 0 Å². The number of hydrogen-bond donors (Lipinski definition) is 2. The smallest absolute Gasteiger partial charge is 0.351 e. The number of carbonyl (C=O) groups is 1. The summed E-state index contributed by atoms with van der Waals surface area (Å²) < 4.78 is 12.6. The molecule has 0 fully saturated rings. The average molecular weight is 226 g/mol. The average Bonchev–Trinajstić information content (AvgIpc) is 2.30. The number of carbonyl (C=O) groups excluding carboxylic acids is 1. The van der Waals surface area contributed by atoms with Crippen LogP contribution < -0.4 is 11.7 Å². The first-order valence-corrected chi connectivity index (χ1v) is 4.42. The maximum absolute atomic E-state index is 12.6. The van der Waals surface area contributed by atoms with E-state index in [1.54, 1.807) is 0 Å². The molecule has 0 radical (unpaired) electrons. The van der Waals surface area contributed by atoms with Crippen LogP contribution >= 0.6 is 0 Å². The Morgan fingerprint density at radius 1 is 1.44 bits per heavy atom. The lowest BCUT2D eigenvalue weighted by atomic mass is 10.1. The molecule has 0 aliphatic carbocycles. The fourth-order valence-corrected chi connectivity index (χ4v) is 1.17. The molecule has 1 aromatic carbocycles. The van der Waals surface area contributed by atoms with E-state index in [9.17, 15) is 9.18 Å². The Bertz CT molecular complexity index is 380. The van der Waals surface area contributed by atoms with E-state index in [1.165, 1.54) is 24.3 Å². The van der Waals surface area contributed by atoms with Gasteiger partial charge in [-0.2, -0.15) is 11.0 Å². The van der Waals surface area contributed by atoms with Gasteiger partial charge in [-0.1, -0.05) is 17.4 Å². The second-order valence-electron chi connectivity index (χ2n) is 3.01. The van der Waals surface area contributed by atoms with Gasteiger partial charge in [0.1, 0.15) is 5.82 Å². The summed E-state index contributed by atoms with van der Waals surface area (Å²) in [4.78, 5) is 15.2. The van der Waals surface area contributed by atoms with E-state index < -0.39 is 12.0 Å². The summed E-state index contributed by atoms with van der Waals surface area (Å²) in [7, 11) is 0. The highest BCUT2D eigenvalue weighted by Gasteiger charge is 2.19. The highest BCUT2D eigenvalue weighted by atomic mass is 19.1. The van der Waals surface area contributed by atoms with Crippen molar-refractivity contribution < 1.29 is 14.0 Å². The van der Waals surface area contributed by atoms with Crippen molar-refractivity contribution in [3.63, 3.8) is 0 Å². The second kappa shape index (κ2) is 5.76. The third kappa shape index (κ3) is 3.28. The van der Waals surface area contributed by atoms with Crippen molar-refractivity contribution in [2.24, 2.45) is 22.1 Å². The van der Waals surface area contributed by atoms with Crippen LogP contribution in [0.2, 0.25) is 0 Å². The molecule has 86 valence electrons. The van der Waals surface area contributed by atoms with Crippen molar-refractivity contribution >= 4 is 5.97 Å². The van der Waals surface area contributed by atoms with Crippen LogP contribution in [0.1, 0.15) is 5.56 Å². The predicted molar refractivity (Wildman–Crippen MR) is 53.2 cm³/mol. The molecular formula is C9H11FN4O2. The molecular weight excluding hydrogens is 215 g/mol. The molecule has 0 amide bonds. The van der Waals surface area contributed by atoms with Crippen molar-refractivity contribution in [2.75, 3.05) is 0 Å². The van der Waals surface area contributed by atoms with Crippen molar-refractivity contribution in [2.45, 2.75) is 12.5 Å². The van der Waals surface area contributed by atoms with E-state index in [0.717, 1.165) is 0 Å². The molecule has 0 saturated heterocycles. The largest absolute Gasteiger partial charge is 0.372 e. The van der Waals surface area contributed by atoms with E-state index in [4.69, 9.17) is 11.7 Å². The summed E-state index contributed by atoms with van der Waals surface area (Å²) in [5.74, 6) is 8.47. The normalized spacial score (nSPS) is 12.6. The molecule has 0 aliphatic heterocycles. The Hall–Kier alpha value is -2.02. The molecule has 1 atom stereocenters. The molecule has 1 rings (SSSR count). The van der Waals surface area contributed by atoms with Gasteiger partial charge in [0.05, 0.1) is 0 Å². The predicted octanol–water partition coefficient (Wildman–Crippen LogP) is 0.480. The second-order valence-corrected chi connectivity index (χ2v) is 3.01. The zero-order valence-corrected chi connectivity index (χ0v) is 8.34. The minimum atomic E-state index is -0.916. The molecule has 0 saturated carbocycles. The maximum Gasteiger partial charge on any atom is 0.351 e. The number of halogens is 1. The first-order valence-electron chi connectivity index (χ1n) is 4.42. The molecule has 0 aromatic heterocycles. The van der Waals surface area contributed by atoms with Crippen LogP contribution in [0, 0.1) is 5.82 Å². The summed E-state index contributed by atoms with van der Waals surface area (Å²) >= 11 is 0. The number of nitrogens with zero attached hydrogens (tertiary/aromatic N) is 2. The van der Waals surface area contributed by atoms with E-state index >= 15 is 0 Å². The van der Waals surface area contributed by atoms with E-state index in [-0.39, 0.29) is 12.2 Å². The van der Waals surface area contributed by atoms with Gasteiger partial charge in [0.25, 0.3) is 0 Å². The number of benzene rings is 1. The minimum absolute atomic E-state index is 0.191. The first kappa shape index (κ1) is 12.1. The summed E-state index contributed by atoms with van der Waals surface area (Å²) in [6.45, 7) is 0. The number of hydrogen-bond acceptors (Lipinski definition) is 5. The third-order valence-electron chi connectivity index (χ3n) is 1.94. The topological polar surface area (TPSA) is 103 Å². The number of rotatable bonds is 4.